The van der Waals surface area contributed by atoms with Crippen LogP contribution < -0.4 is 11.1 Å². The van der Waals surface area contributed by atoms with E-state index >= 15 is 0 Å². The Morgan fingerprint density at radius 1 is 1.20 bits per heavy atom. The van der Waals surface area contributed by atoms with Crippen molar-refractivity contribution < 1.29 is 19.1 Å². The molecular weight excluding hydrogens is 448 g/mol. The van der Waals surface area contributed by atoms with E-state index in [4.69, 9.17) is 15.2 Å². The van der Waals surface area contributed by atoms with Crippen LogP contribution in [0.5, 0.6) is 0 Å². The lowest BCUT2D eigenvalue weighted by atomic mass is 10.1. The van der Waals surface area contributed by atoms with Crippen LogP contribution in [0.2, 0.25) is 0 Å². The summed E-state index contributed by atoms with van der Waals surface area (Å²) in [5.74, 6) is -0.651. The first-order valence-electron chi connectivity index (χ1n) is 11.2. The second kappa shape index (κ2) is 9.51. The van der Waals surface area contributed by atoms with Gasteiger partial charge in [-0.15, -0.1) is 0 Å². The third-order valence-corrected chi connectivity index (χ3v) is 5.87. The van der Waals surface area contributed by atoms with Gasteiger partial charge in [0, 0.05) is 13.2 Å². The van der Waals surface area contributed by atoms with Crippen LogP contribution in [0, 0.1) is 0 Å². The number of carbonyl (C=O) groups excluding carboxylic acids is 2. The monoisotopic (exact) mass is 472 g/mol. The van der Waals surface area contributed by atoms with Crippen LogP contribution in [0.3, 0.4) is 0 Å². The summed E-state index contributed by atoms with van der Waals surface area (Å²) in [6.07, 6.45) is 3.45. The minimum absolute atomic E-state index is 0.00794. The van der Waals surface area contributed by atoms with Crippen molar-refractivity contribution in [3.63, 3.8) is 0 Å². The lowest BCUT2D eigenvalue weighted by Gasteiger charge is -2.10. The van der Waals surface area contributed by atoms with Crippen molar-refractivity contribution in [3.8, 4) is 0 Å². The minimum atomic E-state index is -0.421. The second-order valence-electron chi connectivity index (χ2n) is 8.16. The zero-order valence-corrected chi connectivity index (χ0v) is 19.1. The molecule has 35 heavy (non-hydrogen) atoms. The molecule has 1 unspecified atom stereocenters. The molecule has 1 saturated heterocycles. The number of nitrogens with two attached hydrogens (primary N) is 1. The van der Waals surface area contributed by atoms with E-state index in [-0.39, 0.29) is 23.4 Å². The zero-order valence-electron chi connectivity index (χ0n) is 19.1. The fraction of sp³-hybridized carbons (Fsp3) is 0.240. The summed E-state index contributed by atoms with van der Waals surface area (Å²) in [5, 5.41) is 7.40. The number of nitrogens with zero attached hydrogens (tertiary/aromatic N) is 4. The van der Waals surface area contributed by atoms with E-state index in [2.05, 4.69) is 20.4 Å². The van der Waals surface area contributed by atoms with Gasteiger partial charge in [0.1, 0.15) is 16.9 Å². The molecule has 5 rings (SSSR count). The largest absolute Gasteiger partial charge is 0.465 e. The number of hydrogen-bond acceptors (Lipinski definition) is 8. The van der Waals surface area contributed by atoms with Crippen molar-refractivity contribution in [1.82, 2.24) is 20.0 Å². The Balaban J connectivity index is 1.53. The number of rotatable bonds is 6. The van der Waals surface area contributed by atoms with Gasteiger partial charge >= 0.3 is 5.97 Å². The molecule has 4 aromatic rings. The lowest BCUT2D eigenvalue weighted by molar-refractivity contribution is 0.0600. The molecule has 1 amide bonds. The quantitative estimate of drug-likeness (QED) is 0.325. The highest BCUT2D eigenvalue weighted by Gasteiger charge is 2.25. The smallest absolute Gasteiger partial charge is 0.337 e. The number of nitrogens with one attached hydrogen (secondary N) is 1. The molecule has 2 aromatic carbocycles. The maximum atomic E-state index is 13.2. The van der Waals surface area contributed by atoms with Crippen molar-refractivity contribution in [3.05, 3.63) is 65.2 Å². The number of anilines is 1. The number of hydrogen-bond donors (Lipinski definition) is 2. The molecule has 1 fully saturated rings. The van der Waals surface area contributed by atoms with Crippen LogP contribution in [-0.2, 0) is 9.47 Å². The molecular formula is C25H24N6O4. The van der Waals surface area contributed by atoms with Crippen LogP contribution in [0.4, 0.5) is 5.82 Å². The number of methoxy groups -OCH3 is 1. The molecule has 1 aliphatic heterocycles. The van der Waals surface area contributed by atoms with Crippen LogP contribution in [0.25, 0.3) is 22.2 Å². The number of fused-ring (bicyclic) bond motifs is 2. The molecule has 0 saturated carbocycles. The molecule has 0 bridgehead atoms. The minimum Gasteiger partial charge on any atom is -0.465 e. The first-order valence-corrected chi connectivity index (χ1v) is 11.2. The van der Waals surface area contributed by atoms with Crippen molar-refractivity contribution in [1.29, 1.82) is 0 Å². The third kappa shape index (κ3) is 4.43. The fourth-order valence-corrected chi connectivity index (χ4v) is 4.04. The number of para-hydroxylation sites is 2. The van der Waals surface area contributed by atoms with Crippen LogP contribution in [0.15, 0.2) is 53.6 Å². The summed E-state index contributed by atoms with van der Waals surface area (Å²) < 4.78 is 11.7. The summed E-state index contributed by atoms with van der Waals surface area (Å²) in [6, 6.07) is 14.1. The van der Waals surface area contributed by atoms with E-state index in [1.54, 1.807) is 30.5 Å². The van der Waals surface area contributed by atoms with Gasteiger partial charge in [-0.2, -0.15) is 9.78 Å². The normalized spacial score (nSPS) is 15.7. The number of nitrogen functional groups attached to an aromatic ring is 1. The Bertz CT molecular complexity index is 1440. The average Bonchev–Trinajstić information content (AvgIpc) is 3.50. The number of benzene rings is 2. The molecule has 178 valence electrons. The first-order chi connectivity index (χ1) is 17.0. The number of esters is 1. The van der Waals surface area contributed by atoms with Crippen LogP contribution in [0.1, 0.15) is 39.1 Å². The van der Waals surface area contributed by atoms with E-state index in [1.165, 1.54) is 11.8 Å². The molecule has 0 radical (unpaired) electrons. The number of ether oxygens (including phenoxy) is 2. The van der Waals surface area contributed by atoms with Crippen molar-refractivity contribution >= 4 is 46.1 Å². The average molecular weight is 473 g/mol. The molecule has 3 heterocycles. The maximum absolute atomic E-state index is 13.2. The van der Waals surface area contributed by atoms with Crippen LogP contribution >= 0.6 is 0 Å². The molecule has 10 heteroatoms. The molecule has 10 nitrogen and oxygen atoms in total. The SMILES string of the molecule is COC(=O)c1ccc(C=Nn2c(N)c(C(=O)NCC3CCCO3)c3nc4ccccc4nc32)cc1. The molecule has 0 aliphatic carbocycles. The highest BCUT2D eigenvalue weighted by atomic mass is 16.5. The van der Waals surface area contributed by atoms with Gasteiger partial charge < -0.3 is 20.5 Å². The van der Waals surface area contributed by atoms with Gasteiger partial charge in [-0.3, -0.25) is 4.79 Å². The summed E-state index contributed by atoms with van der Waals surface area (Å²) in [5.41, 5.74) is 9.82. The lowest BCUT2D eigenvalue weighted by Crippen LogP contribution is -2.32. The molecule has 2 aromatic heterocycles. The number of carbonyl (C=O) groups is 2. The van der Waals surface area contributed by atoms with Crippen molar-refractivity contribution in [2.45, 2.75) is 18.9 Å². The van der Waals surface area contributed by atoms with Gasteiger partial charge in [-0.05, 0) is 42.7 Å². The predicted octanol–water partition coefficient (Wildman–Crippen LogP) is 2.74. The number of amides is 1. The highest BCUT2D eigenvalue weighted by Crippen LogP contribution is 2.28. The molecule has 1 aliphatic rings. The predicted molar refractivity (Wildman–Crippen MR) is 132 cm³/mol. The third-order valence-electron chi connectivity index (χ3n) is 5.87. The van der Waals surface area contributed by atoms with E-state index in [0.29, 0.717) is 40.9 Å². The highest BCUT2D eigenvalue weighted by molar-refractivity contribution is 6.10. The Hall–Kier alpha value is -4.31. The fourth-order valence-electron chi connectivity index (χ4n) is 4.04. The summed E-state index contributed by atoms with van der Waals surface area (Å²) in [7, 11) is 1.33. The van der Waals surface area contributed by atoms with Gasteiger partial charge in [-0.1, -0.05) is 24.3 Å². The maximum Gasteiger partial charge on any atom is 0.337 e. The van der Waals surface area contributed by atoms with Gasteiger partial charge in [0.25, 0.3) is 5.91 Å². The topological polar surface area (TPSA) is 134 Å². The molecule has 3 N–H and O–H groups in total. The Morgan fingerprint density at radius 2 is 1.94 bits per heavy atom. The summed E-state index contributed by atoms with van der Waals surface area (Å²) in [6.45, 7) is 1.09. The van der Waals surface area contributed by atoms with Crippen LogP contribution in [-0.4, -0.2) is 59.1 Å². The van der Waals surface area contributed by atoms with Crippen molar-refractivity contribution in [2.75, 3.05) is 26.0 Å². The Morgan fingerprint density at radius 3 is 2.63 bits per heavy atom. The standard InChI is InChI=1S/C25H24N6O4/c1-34-25(33)16-10-8-15(9-11-16)13-28-31-22(26)20(24(32)27-14-17-5-4-12-35-17)21-23(31)30-19-7-3-2-6-18(19)29-21/h2-3,6-11,13,17H,4-5,12,14,26H2,1H3,(H,27,32). The van der Waals surface area contributed by atoms with E-state index < -0.39 is 5.97 Å². The Labute approximate surface area is 200 Å². The first kappa shape index (κ1) is 22.5. The Kier molecular flexibility index (Phi) is 6.11. The van der Waals surface area contributed by atoms with E-state index in [9.17, 15) is 9.59 Å². The number of aromatic nitrogens is 3. The van der Waals surface area contributed by atoms with E-state index in [1.807, 2.05) is 24.3 Å². The molecule has 0 spiro atoms. The zero-order chi connectivity index (χ0) is 24.4. The second-order valence-corrected chi connectivity index (χ2v) is 8.16. The summed E-state index contributed by atoms with van der Waals surface area (Å²) >= 11 is 0. The van der Waals surface area contributed by atoms with E-state index in [0.717, 1.165) is 18.4 Å². The van der Waals surface area contributed by atoms with Crippen molar-refractivity contribution in [2.24, 2.45) is 5.10 Å². The molecule has 1 atom stereocenters. The summed E-state index contributed by atoms with van der Waals surface area (Å²) in [4.78, 5) is 34.2. The van der Waals surface area contributed by atoms with Gasteiger partial charge in [0.2, 0.25) is 0 Å². The van der Waals surface area contributed by atoms with Gasteiger partial charge in [0.05, 0.1) is 36.0 Å². The van der Waals surface area contributed by atoms with Gasteiger partial charge in [-0.25, -0.2) is 14.8 Å². The van der Waals surface area contributed by atoms with Gasteiger partial charge in [0.15, 0.2) is 5.65 Å².